The lowest BCUT2D eigenvalue weighted by atomic mass is 10.2. The molecule has 0 spiro atoms. The third-order valence-corrected chi connectivity index (χ3v) is 5.06. The van der Waals surface area contributed by atoms with E-state index in [1.54, 1.807) is 18.3 Å². The molecule has 1 heterocycles. The molecule has 8 heteroatoms. The number of rotatable bonds is 6. The highest BCUT2D eigenvalue weighted by molar-refractivity contribution is 7.92. The maximum Gasteiger partial charge on any atom is 0.261 e. The lowest BCUT2D eigenvalue weighted by Gasteiger charge is -2.09. The predicted octanol–water partition coefficient (Wildman–Crippen LogP) is 2.95. The molecule has 0 aliphatic rings. The maximum absolute atomic E-state index is 13.2. The number of hydrogen-bond donors (Lipinski definition) is 2. The number of sulfonamides is 1. The van der Waals surface area contributed by atoms with Crippen LogP contribution in [0.1, 0.15) is 16.1 Å². The Balaban J connectivity index is 1.67. The molecule has 0 bridgehead atoms. The van der Waals surface area contributed by atoms with Crippen LogP contribution in [-0.4, -0.2) is 19.3 Å². The van der Waals surface area contributed by atoms with Gasteiger partial charge in [-0.2, -0.15) is 0 Å². The fourth-order valence-electron chi connectivity index (χ4n) is 2.33. The first kappa shape index (κ1) is 18.5. The van der Waals surface area contributed by atoms with E-state index in [0.717, 1.165) is 6.07 Å². The van der Waals surface area contributed by atoms with Crippen molar-refractivity contribution in [1.82, 2.24) is 10.3 Å². The van der Waals surface area contributed by atoms with Crippen molar-refractivity contribution < 1.29 is 17.6 Å². The topological polar surface area (TPSA) is 88.2 Å². The van der Waals surface area contributed by atoms with Gasteiger partial charge in [0.1, 0.15) is 5.82 Å². The summed E-state index contributed by atoms with van der Waals surface area (Å²) in [4.78, 5) is 16.2. The molecule has 0 saturated carbocycles. The molecule has 0 atom stereocenters. The fourth-order valence-corrected chi connectivity index (χ4v) is 3.38. The molecule has 0 unspecified atom stereocenters. The highest BCUT2D eigenvalue weighted by Crippen LogP contribution is 2.17. The molecule has 0 radical (unpaired) electrons. The Kier molecular flexibility index (Phi) is 5.46. The second-order valence-electron chi connectivity index (χ2n) is 5.64. The maximum atomic E-state index is 13.2. The molecule has 1 amide bonds. The summed E-state index contributed by atoms with van der Waals surface area (Å²) in [6.45, 7) is 0.265. The van der Waals surface area contributed by atoms with Gasteiger partial charge in [-0.05, 0) is 54.6 Å². The number of anilines is 1. The summed E-state index contributed by atoms with van der Waals surface area (Å²) in [5.41, 5.74) is 1.15. The Morgan fingerprint density at radius 3 is 2.44 bits per heavy atom. The Morgan fingerprint density at radius 1 is 1.00 bits per heavy atom. The molecule has 3 rings (SSSR count). The quantitative estimate of drug-likeness (QED) is 0.683. The summed E-state index contributed by atoms with van der Waals surface area (Å²) in [7, 11) is -3.89. The Hall–Kier alpha value is -3.26. The number of aromatic nitrogens is 1. The summed E-state index contributed by atoms with van der Waals surface area (Å²) in [5.74, 6) is -0.891. The van der Waals surface area contributed by atoms with Crippen molar-refractivity contribution in [2.24, 2.45) is 0 Å². The Labute approximate surface area is 156 Å². The van der Waals surface area contributed by atoms with E-state index in [1.807, 2.05) is 6.07 Å². The van der Waals surface area contributed by atoms with Crippen LogP contribution in [0, 0.1) is 5.82 Å². The van der Waals surface area contributed by atoms with Gasteiger partial charge in [0.2, 0.25) is 0 Å². The van der Waals surface area contributed by atoms with E-state index >= 15 is 0 Å². The van der Waals surface area contributed by atoms with Gasteiger partial charge >= 0.3 is 0 Å². The van der Waals surface area contributed by atoms with Crippen LogP contribution in [0.2, 0.25) is 0 Å². The van der Waals surface area contributed by atoms with E-state index in [9.17, 15) is 17.6 Å². The van der Waals surface area contributed by atoms with Crippen LogP contribution in [0.5, 0.6) is 0 Å². The van der Waals surface area contributed by atoms with Crippen LogP contribution >= 0.6 is 0 Å². The molecule has 2 aromatic carbocycles. The number of hydrogen-bond acceptors (Lipinski definition) is 4. The zero-order valence-electron chi connectivity index (χ0n) is 14.1. The molecule has 0 saturated heterocycles. The first-order chi connectivity index (χ1) is 12.9. The zero-order chi connectivity index (χ0) is 19.3. The summed E-state index contributed by atoms with van der Waals surface area (Å²) in [6.07, 6.45) is 1.63. The molecule has 0 aliphatic heterocycles. The SMILES string of the molecule is O=C(NCc1ccccn1)c1ccc(S(=O)(=O)Nc2cccc(F)c2)cc1. The van der Waals surface area contributed by atoms with Gasteiger partial charge in [0.15, 0.2) is 0 Å². The molecule has 138 valence electrons. The van der Waals surface area contributed by atoms with E-state index in [2.05, 4.69) is 15.0 Å². The highest BCUT2D eigenvalue weighted by atomic mass is 32.2. The van der Waals surface area contributed by atoms with Crippen molar-refractivity contribution in [3.05, 3.63) is 90.0 Å². The fraction of sp³-hybridized carbons (Fsp3) is 0.0526. The molecule has 6 nitrogen and oxygen atoms in total. The zero-order valence-corrected chi connectivity index (χ0v) is 14.9. The monoisotopic (exact) mass is 385 g/mol. The van der Waals surface area contributed by atoms with Gasteiger partial charge < -0.3 is 5.32 Å². The van der Waals surface area contributed by atoms with Crippen molar-refractivity contribution in [2.75, 3.05) is 4.72 Å². The summed E-state index contributed by atoms with van der Waals surface area (Å²) in [6, 6.07) is 16.0. The molecular weight excluding hydrogens is 369 g/mol. The summed E-state index contributed by atoms with van der Waals surface area (Å²) in [5, 5.41) is 2.71. The van der Waals surface area contributed by atoms with E-state index < -0.39 is 15.8 Å². The van der Waals surface area contributed by atoms with Gasteiger partial charge in [-0.3, -0.25) is 14.5 Å². The van der Waals surface area contributed by atoms with E-state index in [-0.39, 0.29) is 23.0 Å². The molecular formula is C19H16FN3O3S. The first-order valence-electron chi connectivity index (χ1n) is 8.01. The van der Waals surface area contributed by atoms with Gasteiger partial charge in [0, 0.05) is 11.8 Å². The lowest BCUT2D eigenvalue weighted by molar-refractivity contribution is 0.0950. The van der Waals surface area contributed by atoms with Crippen LogP contribution in [0.3, 0.4) is 0 Å². The minimum absolute atomic E-state index is 0.0342. The van der Waals surface area contributed by atoms with Crippen LogP contribution in [-0.2, 0) is 16.6 Å². The van der Waals surface area contributed by atoms with E-state index in [0.29, 0.717) is 11.3 Å². The van der Waals surface area contributed by atoms with Gasteiger partial charge in [-0.25, -0.2) is 12.8 Å². The Bertz CT molecular complexity index is 1040. The highest BCUT2D eigenvalue weighted by Gasteiger charge is 2.15. The molecule has 1 aromatic heterocycles. The van der Waals surface area contributed by atoms with E-state index in [4.69, 9.17) is 0 Å². The number of carbonyl (C=O) groups is 1. The van der Waals surface area contributed by atoms with Crippen LogP contribution in [0.4, 0.5) is 10.1 Å². The van der Waals surface area contributed by atoms with Crippen molar-refractivity contribution in [2.45, 2.75) is 11.4 Å². The number of carbonyl (C=O) groups excluding carboxylic acids is 1. The van der Waals surface area contributed by atoms with Crippen LogP contribution < -0.4 is 10.0 Å². The second-order valence-corrected chi connectivity index (χ2v) is 7.33. The predicted molar refractivity (Wildman–Crippen MR) is 99.1 cm³/mol. The molecule has 2 N–H and O–H groups in total. The van der Waals surface area contributed by atoms with Crippen LogP contribution in [0.25, 0.3) is 0 Å². The van der Waals surface area contributed by atoms with Crippen molar-refractivity contribution >= 4 is 21.6 Å². The molecule has 27 heavy (non-hydrogen) atoms. The van der Waals surface area contributed by atoms with Gasteiger partial charge in [-0.15, -0.1) is 0 Å². The van der Waals surface area contributed by atoms with Crippen molar-refractivity contribution in [3.8, 4) is 0 Å². The van der Waals surface area contributed by atoms with E-state index in [1.165, 1.54) is 42.5 Å². The average molecular weight is 385 g/mol. The largest absolute Gasteiger partial charge is 0.346 e. The third kappa shape index (κ3) is 4.89. The molecule has 0 aliphatic carbocycles. The first-order valence-corrected chi connectivity index (χ1v) is 9.49. The number of nitrogens with zero attached hydrogens (tertiary/aromatic N) is 1. The minimum Gasteiger partial charge on any atom is -0.346 e. The summed E-state index contributed by atoms with van der Waals surface area (Å²) >= 11 is 0. The minimum atomic E-state index is -3.89. The third-order valence-electron chi connectivity index (χ3n) is 3.66. The number of pyridine rings is 1. The normalized spacial score (nSPS) is 11.0. The lowest BCUT2D eigenvalue weighted by Crippen LogP contribution is -2.23. The Morgan fingerprint density at radius 2 is 1.78 bits per heavy atom. The van der Waals surface area contributed by atoms with Gasteiger partial charge in [0.05, 0.1) is 22.8 Å². The number of halogens is 1. The van der Waals surface area contributed by atoms with Crippen molar-refractivity contribution in [1.29, 1.82) is 0 Å². The second kappa shape index (κ2) is 7.96. The number of benzene rings is 2. The van der Waals surface area contributed by atoms with Crippen molar-refractivity contribution in [3.63, 3.8) is 0 Å². The average Bonchev–Trinajstić information content (AvgIpc) is 2.67. The van der Waals surface area contributed by atoms with Gasteiger partial charge in [-0.1, -0.05) is 12.1 Å². The number of amides is 1. The standard InChI is InChI=1S/C19H16FN3O3S/c20-15-4-3-6-16(12-15)23-27(25,26)18-9-7-14(8-10-18)19(24)22-13-17-5-1-2-11-21-17/h1-12,23H,13H2,(H,22,24). The molecule has 3 aromatic rings. The summed E-state index contributed by atoms with van der Waals surface area (Å²) < 4.78 is 40.2. The van der Waals surface area contributed by atoms with Gasteiger partial charge in [0.25, 0.3) is 15.9 Å². The number of nitrogens with one attached hydrogen (secondary N) is 2. The van der Waals surface area contributed by atoms with Crippen LogP contribution in [0.15, 0.2) is 77.8 Å². The molecule has 0 fully saturated rings. The smallest absolute Gasteiger partial charge is 0.261 e.